The number of allylic oxidation sites excluding steroid dienone is 2. The third-order valence-corrected chi connectivity index (χ3v) is 2.97. The first-order valence-electron chi connectivity index (χ1n) is 6.10. The van der Waals surface area contributed by atoms with Crippen LogP contribution in [0.3, 0.4) is 0 Å². The Morgan fingerprint density at radius 1 is 1.33 bits per heavy atom. The fraction of sp³-hybridized carbons (Fsp3) is 0.267. The molecule has 0 aliphatic carbocycles. The van der Waals surface area contributed by atoms with Crippen molar-refractivity contribution in [2.24, 2.45) is 5.73 Å². The zero-order chi connectivity index (χ0) is 16.1. The summed E-state index contributed by atoms with van der Waals surface area (Å²) in [6.45, 7) is 4.06. The van der Waals surface area contributed by atoms with E-state index in [9.17, 15) is 18.0 Å². The summed E-state index contributed by atoms with van der Waals surface area (Å²) in [6, 6.07) is 8.22. The van der Waals surface area contributed by atoms with Gasteiger partial charge in [0.25, 0.3) is 11.5 Å². The minimum absolute atomic E-state index is 0.367. The number of alkyl halides is 3. The Hall–Kier alpha value is -2.08. The molecular weight excluding hydrogens is 283 g/mol. The quantitative estimate of drug-likeness (QED) is 0.821. The van der Waals surface area contributed by atoms with Gasteiger partial charge in [-0.3, -0.25) is 4.79 Å². The first kappa shape index (κ1) is 17.0. The highest BCUT2D eigenvalue weighted by atomic mass is 19.4. The van der Waals surface area contributed by atoms with E-state index in [0.717, 1.165) is 19.1 Å². The molecule has 21 heavy (non-hydrogen) atoms. The van der Waals surface area contributed by atoms with Crippen LogP contribution in [0.5, 0.6) is 0 Å². The topological polar surface area (TPSA) is 52.3 Å². The summed E-state index contributed by atoms with van der Waals surface area (Å²) in [6.07, 6.45) is -2.77. The highest BCUT2D eigenvalue weighted by molar-refractivity contribution is 5.88. The van der Waals surface area contributed by atoms with Crippen LogP contribution >= 0.6 is 0 Å². The van der Waals surface area contributed by atoms with E-state index in [-0.39, 0.29) is 5.57 Å². The van der Waals surface area contributed by atoms with Gasteiger partial charge in [-0.15, -0.1) is 0 Å². The Labute approximate surface area is 120 Å². The van der Waals surface area contributed by atoms with Crippen molar-refractivity contribution in [2.75, 3.05) is 0 Å². The van der Waals surface area contributed by atoms with Gasteiger partial charge < -0.3 is 10.5 Å². The number of hydrogen-bond donors (Lipinski definition) is 1. The van der Waals surface area contributed by atoms with Gasteiger partial charge in [-0.05, 0) is 18.1 Å². The lowest BCUT2D eigenvalue weighted by molar-refractivity contribution is -0.255. The van der Waals surface area contributed by atoms with Gasteiger partial charge in [0.1, 0.15) is 0 Å². The monoisotopic (exact) mass is 299 g/mol. The molecule has 0 saturated carbocycles. The number of ether oxygens (including phenoxy) is 1. The Morgan fingerprint density at radius 2 is 1.90 bits per heavy atom. The van der Waals surface area contributed by atoms with Gasteiger partial charge in [0.05, 0.1) is 6.61 Å². The molecule has 0 bridgehead atoms. The molecule has 1 amide bonds. The maximum absolute atomic E-state index is 13.4. The lowest BCUT2D eigenvalue weighted by Crippen LogP contribution is -2.58. The third-order valence-electron chi connectivity index (χ3n) is 2.97. The molecule has 1 aromatic rings. The van der Waals surface area contributed by atoms with Crippen molar-refractivity contribution in [3.05, 3.63) is 60.2 Å². The molecule has 1 rings (SSSR count). The van der Waals surface area contributed by atoms with E-state index in [4.69, 9.17) is 10.5 Å². The van der Waals surface area contributed by atoms with Crippen LogP contribution < -0.4 is 5.73 Å². The van der Waals surface area contributed by atoms with Gasteiger partial charge in [-0.2, -0.15) is 13.2 Å². The molecule has 0 radical (unpaired) electrons. The molecule has 3 nitrogen and oxygen atoms in total. The summed E-state index contributed by atoms with van der Waals surface area (Å²) in [4.78, 5) is 11.5. The zero-order valence-electron chi connectivity index (χ0n) is 11.5. The van der Waals surface area contributed by atoms with Crippen LogP contribution in [-0.2, 0) is 16.1 Å². The summed E-state index contributed by atoms with van der Waals surface area (Å²) >= 11 is 0. The maximum atomic E-state index is 13.4. The Kier molecular flexibility index (Phi) is 5.32. The predicted molar refractivity (Wildman–Crippen MR) is 73.2 cm³/mol. The van der Waals surface area contributed by atoms with Gasteiger partial charge in [-0.25, -0.2) is 0 Å². The molecule has 6 heteroatoms. The van der Waals surface area contributed by atoms with Gasteiger partial charge >= 0.3 is 6.18 Å². The van der Waals surface area contributed by atoms with Crippen LogP contribution in [0.1, 0.15) is 12.5 Å². The minimum atomic E-state index is -4.97. The second-order valence-electron chi connectivity index (χ2n) is 4.40. The molecule has 1 unspecified atom stereocenters. The normalized spacial score (nSPS) is 15.3. The highest BCUT2D eigenvalue weighted by Crippen LogP contribution is 2.40. The third kappa shape index (κ3) is 3.52. The molecule has 0 fully saturated rings. The molecule has 0 spiro atoms. The molecule has 0 aromatic heterocycles. The number of benzene rings is 1. The predicted octanol–water partition coefficient (Wildman–Crippen LogP) is 3.12. The number of hydrogen-bond acceptors (Lipinski definition) is 2. The van der Waals surface area contributed by atoms with E-state index < -0.39 is 24.3 Å². The van der Waals surface area contributed by atoms with Gasteiger partial charge in [0, 0.05) is 0 Å². The SMILES string of the molecule is C=CC=C(C)C(OCc1ccccc1)(C(N)=O)C(F)(F)F. The molecule has 0 saturated heterocycles. The largest absolute Gasteiger partial charge is 0.430 e. The number of amides is 1. The highest BCUT2D eigenvalue weighted by Gasteiger charge is 2.62. The van der Waals surface area contributed by atoms with E-state index in [0.29, 0.717) is 5.56 Å². The van der Waals surface area contributed by atoms with Crippen LogP contribution in [0.4, 0.5) is 13.2 Å². The molecular formula is C15H16F3NO2. The summed E-state index contributed by atoms with van der Waals surface area (Å²) in [5.41, 5.74) is 1.96. The van der Waals surface area contributed by atoms with Crippen LogP contribution in [0.25, 0.3) is 0 Å². The van der Waals surface area contributed by atoms with Crippen LogP contribution in [0, 0.1) is 0 Å². The first-order chi connectivity index (χ1) is 9.75. The van der Waals surface area contributed by atoms with E-state index in [1.165, 1.54) is 0 Å². The number of halogens is 3. The molecule has 1 aromatic carbocycles. The average molecular weight is 299 g/mol. The number of carbonyl (C=O) groups excluding carboxylic acids is 1. The van der Waals surface area contributed by atoms with Crippen molar-refractivity contribution in [1.82, 2.24) is 0 Å². The second-order valence-corrected chi connectivity index (χ2v) is 4.40. The molecule has 0 aliphatic heterocycles. The first-order valence-corrected chi connectivity index (χ1v) is 6.10. The number of nitrogens with two attached hydrogens (primary N) is 1. The lowest BCUT2D eigenvalue weighted by atomic mass is 9.92. The molecule has 1 atom stereocenters. The second kappa shape index (κ2) is 6.58. The van der Waals surface area contributed by atoms with E-state index in [1.54, 1.807) is 30.3 Å². The summed E-state index contributed by atoms with van der Waals surface area (Å²) < 4.78 is 45.1. The van der Waals surface area contributed by atoms with Crippen molar-refractivity contribution in [3.63, 3.8) is 0 Å². The average Bonchev–Trinajstić information content (AvgIpc) is 2.39. The van der Waals surface area contributed by atoms with E-state index in [2.05, 4.69) is 6.58 Å². The smallest absolute Gasteiger partial charge is 0.367 e. The maximum Gasteiger partial charge on any atom is 0.430 e. The van der Waals surface area contributed by atoms with E-state index >= 15 is 0 Å². The zero-order valence-corrected chi connectivity index (χ0v) is 11.5. The van der Waals surface area contributed by atoms with Gasteiger partial charge in [0.15, 0.2) is 0 Å². The summed E-state index contributed by atoms with van der Waals surface area (Å²) in [5, 5.41) is 0. The standard InChI is InChI=1S/C15H16F3NO2/c1-3-7-11(2)14(13(19)20,15(16,17)18)21-10-12-8-5-4-6-9-12/h3-9H,1,10H2,2H3,(H2,19,20). The number of rotatable bonds is 6. The van der Waals surface area contributed by atoms with Crippen molar-refractivity contribution >= 4 is 5.91 Å². The fourth-order valence-corrected chi connectivity index (χ4v) is 1.88. The Morgan fingerprint density at radius 3 is 2.33 bits per heavy atom. The number of primary amides is 1. The van der Waals surface area contributed by atoms with Crippen molar-refractivity contribution in [1.29, 1.82) is 0 Å². The molecule has 0 aliphatic rings. The number of carbonyl (C=O) groups is 1. The van der Waals surface area contributed by atoms with Crippen molar-refractivity contribution < 1.29 is 22.7 Å². The van der Waals surface area contributed by atoms with Crippen LogP contribution in [0.2, 0.25) is 0 Å². The van der Waals surface area contributed by atoms with Gasteiger partial charge in [0.2, 0.25) is 0 Å². The summed E-state index contributed by atoms with van der Waals surface area (Å²) in [5.74, 6) is -1.61. The van der Waals surface area contributed by atoms with Gasteiger partial charge in [-0.1, -0.05) is 49.1 Å². The van der Waals surface area contributed by atoms with Crippen LogP contribution in [0.15, 0.2) is 54.6 Å². The minimum Gasteiger partial charge on any atom is -0.367 e. The fourth-order valence-electron chi connectivity index (χ4n) is 1.88. The lowest BCUT2D eigenvalue weighted by Gasteiger charge is -2.33. The van der Waals surface area contributed by atoms with E-state index in [1.807, 2.05) is 0 Å². The Bertz CT molecular complexity index is 538. The molecule has 2 N–H and O–H groups in total. The summed E-state index contributed by atoms with van der Waals surface area (Å²) in [7, 11) is 0. The van der Waals surface area contributed by atoms with Crippen LogP contribution in [-0.4, -0.2) is 17.7 Å². The molecule has 114 valence electrons. The molecule has 0 heterocycles. The van der Waals surface area contributed by atoms with Crippen molar-refractivity contribution in [2.45, 2.75) is 25.3 Å². The Balaban J connectivity index is 3.21. The van der Waals surface area contributed by atoms with Crippen molar-refractivity contribution in [3.8, 4) is 0 Å².